The second kappa shape index (κ2) is 3.93. The Balaban J connectivity index is 2.65. The molecule has 1 heterocycles. The highest BCUT2D eigenvalue weighted by atomic mass is 32.1. The van der Waals surface area contributed by atoms with E-state index >= 15 is 0 Å². The molecule has 0 aliphatic rings. The van der Waals surface area contributed by atoms with E-state index in [1.54, 1.807) is 18.2 Å². The second-order valence-corrected chi connectivity index (χ2v) is 2.93. The summed E-state index contributed by atoms with van der Waals surface area (Å²) in [7, 11) is 0. The number of hydrogen-bond donors (Lipinski definition) is 0. The first kappa shape index (κ1) is 9.41. The number of aromatic nitrogens is 2. The summed E-state index contributed by atoms with van der Waals surface area (Å²) in [4.78, 5) is 12.0. The van der Waals surface area contributed by atoms with Crippen molar-refractivity contribution in [2.45, 2.75) is 0 Å². The van der Waals surface area contributed by atoms with Gasteiger partial charge >= 0.3 is 0 Å². The van der Waals surface area contributed by atoms with Crippen LogP contribution >= 0.6 is 12.2 Å². The van der Waals surface area contributed by atoms with E-state index in [0.717, 1.165) is 0 Å². The van der Waals surface area contributed by atoms with E-state index in [9.17, 15) is 0 Å². The van der Waals surface area contributed by atoms with Crippen LogP contribution < -0.4 is 0 Å². The van der Waals surface area contributed by atoms with Gasteiger partial charge in [0.1, 0.15) is 0 Å². The van der Waals surface area contributed by atoms with Crippen molar-refractivity contribution in [2.75, 3.05) is 0 Å². The maximum Gasteiger partial charge on any atom is 0.181 e. The zero-order chi connectivity index (χ0) is 10.7. The summed E-state index contributed by atoms with van der Waals surface area (Å²) in [5.41, 5.74) is 1.90. The molecule has 5 heteroatoms. The zero-order valence-electron chi connectivity index (χ0n) is 7.51. The molecule has 0 aliphatic carbocycles. The number of nitriles is 1. The Kier molecular flexibility index (Phi) is 2.46. The van der Waals surface area contributed by atoms with Crippen LogP contribution in [0.25, 0.3) is 11.0 Å². The topological polar surface area (TPSA) is 61.9 Å². The largest absolute Gasteiger partial charge is 0.251 e. The van der Waals surface area contributed by atoms with Gasteiger partial charge in [-0.25, -0.2) is 4.98 Å². The normalized spacial score (nSPS) is 9.27. The molecule has 0 amide bonds. The molecule has 0 saturated carbocycles. The van der Waals surface area contributed by atoms with Crippen molar-refractivity contribution < 1.29 is 0 Å². The Bertz CT molecular complexity index is 608. The summed E-state index contributed by atoms with van der Waals surface area (Å²) in [6.45, 7) is 0. The van der Waals surface area contributed by atoms with Crippen LogP contribution in [0.15, 0.2) is 29.4 Å². The Morgan fingerprint density at radius 2 is 2.20 bits per heavy atom. The van der Waals surface area contributed by atoms with Crippen molar-refractivity contribution >= 4 is 34.2 Å². The standard InChI is InChI=1S/C10H4N4S/c11-4-7-1-2-8-9(3-7)12-5-10(14-8)13-6-15/h1-3,5H. The molecule has 2 aromatic rings. The van der Waals surface area contributed by atoms with E-state index in [4.69, 9.17) is 5.26 Å². The lowest BCUT2D eigenvalue weighted by Crippen LogP contribution is -1.84. The Morgan fingerprint density at radius 1 is 1.33 bits per heavy atom. The predicted molar refractivity (Wildman–Crippen MR) is 58.9 cm³/mol. The van der Waals surface area contributed by atoms with E-state index in [1.165, 1.54) is 6.20 Å². The molecule has 0 radical (unpaired) electrons. The number of benzene rings is 1. The van der Waals surface area contributed by atoms with Crippen molar-refractivity contribution in [1.82, 2.24) is 9.97 Å². The van der Waals surface area contributed by atoms with Crippen molar-refractivity contribution in [2.24, 2.45) is 4.99 Å². The van der Waals surface area contributed by atoms with Gasteiger partial charge in [-0.1, -0.05) is 0 Å². The molecule has 70 valence electrons. The van der Waals surface area contributed by atoms with Gasteiger partial charge in [0, 0.05) is 0 Å². The van der Waals surface area contributed by atoms with E-state index in [-0.39, 0.29) is 0 Å². The summed E-state index contributed by atoms with van der Waals surface area (Å²) in [5, 5.41) is 10.9. The predicted octanol–water partition coefficient (Wildman–Crippen LogP) is 2.24. The van der Waals surface area contributed by atoms with Crippen LogP contribution in [-0.4, -0.2) is 15.1 Å². The summed E-state index contributed by atoms with van der Waals surface area (Å²) in [6.07, 6.45) is 1.49. The number of isothiocyanates is 1. The number of thiocarbonyl (C=S) groups is 1. The van der Waals surface area contributed by atoms with Gasteiger partial charge in [-0.3, -0.25) is 4.98 Å². The second-order valence-electron chi connectivity index (χ2n) is 2.75. The van der Waals surface area contributed by atoms with Gasteiger partial charge in [-0.05, 0) is 30.4 Å². The molecule has 0 N–H and O–H groups in total. The molecule has 0 unspecified atom stereocenters. The van der Waals surface area contributed by atoms with E-state index in [2.05, 4.69) is 32.3 Å². The fourth-order valence-corrected chi connectivity index (χ4v) is 1.26. The van der Waals surface area contributed by atoms with Crippen LogP contribution in [0, 0.1) is 11.3 Å². The molecule has 0 bridgehead atoms. The van der Waals surface area contributed by atoms with Gasteiger partial charge < -0.3 is 0 Å². The zero-order valence-corrected chi connectivity index (χ0v) is 8.32. The molecule has 0 saturated heterocycles. The van der Waals surface area contributed by atoms with Crippen molar-refractivity contribution in [1.29, 1.82) is 5.26 Å². The van der Waals surface area contributed by atoms with Crippen molar-refractivity contribution in [3.05, 3.63) is 30.0 Å². The minimum Gasteiger partial charge on any atom is -0.251 e. The Hall–Kier alpha value is -2.15. The highest BCUT2D eigenvalue weighted by Gasteiger charge is 1.99. The van der Waals surface area contributed by atoms with Gasteiger partial charge in [-0.2, -0.15) is 10.3 Å². The SMILES string of the molecule is N#Cc1ccc2nc(N=C=S)cnc2c1. The van der Waals surface area contributed by atoms with Gasteiger partial charge in [0.2, 0.25) is 0 Å². The molecule has 0 atom stereocenters. The van der Waals surface area contributed by atoms with Crippen LogP contribution in [0.2, 0.25) is 0 Å². The first-order valence-electron chi connectivity index (χ1n) is 4.08. The highest BCUT2D eigenvalue weighted by molar-refractivity contribution is 7.78. The summed E-state index contributed by atoms with van der Waals surface area (Å²) in [6, 6.07) is 7.12. The summed E-state index contributed by atoms with van der Waals surface area (Å²) < 4.78 is 0. The molecule has 0 fully saturated rings. The van der Waals surface area contributed by atoms with Crippen LogP contribution in [0.4, 0.5) is 5.82 Å². The van der Waals surface area contributed by atoms with Gasteiger partial charge in [0.25, 0.3) is 0 Å². The molecule has 0 aliphatic heterocycles. The minimum absolute atomic E-state index is 0.419. The number of aliphatic imine (C=N–C) groups is 1. The maximum atomic E-state index is 8.70. The molecule has 1 aromatic heterocycles. The molecular formula is C10H4N4S. The van der Waals surface area contributed by atoms with E-state index in [0.29, 0.717) is 22.4 Å². The fraction of sp³-hybridized carbons (Fsp3) is 0. The molecule has 0 spiro atoms. The number of fused-ring (bicyclic) bond motifs is 1. The highest BCUT2D eigenvalue weighted by Crippen LogP contribution is 2.14. The van der Waals surface area contributed by atoms with Crippen LogP contribution in [0.5, 0.6) is 0 Å². The van der Waals surface area contributed by atoms with Gasteiger partial charge in [0.05, 0.1) is 34.0 Å². The van der Waals surface area contributed by atoms with Crippen molar-refractivity contribution in [3.63, 3.8) is 0 Å². The molecule has 1 aromatic carbocycles. The number of nitrogens with zero attached hydrogens (tertiary/aromatic N) is 4. The molecule has 15 heavy (non-hydrogen) atoms. The molecule has 4 nitrogen and oxygen atoms in total. The van der Waals surface area contributed by atoms with Crippen LogP contribution in [0.3, 0.4) is 0 Å². The first-order chi connectivity index (χ1) is 7.33. The van der Waals surface area contributed by atoms with E-state index in [1.807, 2.05) is 6.07 Å². The lowest BCUT2D eigenvalue weighted by molar-refractivity contribution is 1.26. The third kappa shape index (κ3) is 1.86. The monoisotopic (exact) mass is 212 g/mol. The number of rotatable bonds is 1. The van der Waals surface area contributed by atoms with Crippen LogP contribution in [0.1, 0.15) is 5.56 Å². The third-order valence-corrected chi connectivity index (χ3v) is 1.91. The first-order valence-corrected chi connectivity index (χ1v) is 4.49. The van der Waals surface area contributed by atoms with Gasteiger partial charge in [0.15, 0.2) is 5.82 Å². The average molecular weight is 212 g/mol. The quantitative estimate of drug-likeness (QED) is 0.537. The fourth-order valence-electron chi connectivity index (χ4n) is 1.17. The Labute approximate surface area is 90.9 Å². The summed E-state index contributed by atoms with van der Waals surface area (Å²) >= 11 is 4.47. The minimum atomic E-state index is 0.419. The van der Waals surface area contributed by atoms with E-state index < -0.39 is 0 Å². The van der Waals surface area contributed by atoms with Crippen LogP contribution in [-0.2, 0) is 0 Å². The smallest absolute Gasteiger partial charge is 0.181 e. The average Bonchev–Trinajstić information content (AvgIpc) is 2.29. The van der Waals surface area contributed by atoms with Gasteiger partial charge in [-0.15, -0.1) is 0 Å². The molecular weight excluding hydrogens is 208 g/mol. The molecule has 2 rings (SSSR count). The number of hydrogen-bond acceptors (Lipinski definition) is 5. The third-order valence-electron chi connectivity index (χ3n) is 1.82. The Morgan fingerprint density at radius 3 is 2.93 bits per heavy atom. The summed E-state index contributed by atoms with van der Waals surface area (Å²) in [5.74, 6) is 0.419. The van der Waals surface area contributed by atoms with Crippen molar-refractivity contribution in [3.8, 4) is 6.07 Å². The maximum absolute atomic E-state index is 8.70. The lowest BCUT2D eigenvalue weighted by Gasteiger charge is -1.96. The lowest BCUT2D eigenvalue weighted by atomic mass is 10.2.